The van der Waals surface area contributed by atoms with Gasteiger partial charge in [-0.25, -0.2) is 9.98 Å². The number of hydrogen-bond acceptors (Lipinski definition) is 4. The molecule has 1 saturated heterocycles. The normalized spacial score (nSPS) is 15.0. The van der Waals surface area contributed by atoms with E-state index in [1.165, 1.54) is 18.2 Å². The van der Waals surface area contributed by atoms with Crippen molar-refractivity contribution in [3.8, 4) is 0 Å². The lowest BCUT2D eigenvalue weighted by Crippen LogP contribution is -2.46. The highest BCUT2D eigenvalue weighted by atomic mass is 127. The van der Waals surface area contributed by atoms with Crippen LogP contribution in [-0.2, 0) is 22.6 Å². The molecule has 0 spiro atoms. The summed E-state index contributed by atoms with van der Waals surface area (Å²) in [5.41, 5.74) is 2.41. The van der Waals surface area contributed by atoms with Crippen molar-refractivity contribution in [2.75, 3.05) is 26.7 Å². The van der Waals surface area contributed by atoms with E-state index >= 15 is 0 Å². The molecule has 7 nitrogen and oxygen atoms in total. The van der Waals surface area contributed by atoms with E-state index in [9.17, 15) is 4.79 Å². The molecule has 2 heterocycles. The van der Waals surface area contributed by atoms with Gasteiger partial charge in [0.2, 0.25) is 0 Å². The molecule has 0 saturated carbocycles. The monoisotopic (exact) mass is 511 g/mol. The number of hydrogen-bond donors (Lipinski definition) is 1. The van der Waals surface area contributed by atoms with Crippen LogP contribution in [0.4, 0.5) is 0 Å². The molecular weight excluding hydrogens is 481 g/mol. The molecule has 8 heteroatoms. The van der Waals surface area contributed by atoms with Crippen molar-refractivity contribution >= 4 is 35.9 Å². The van der Waals surface area contributed by atoms with Crippen molar-refractivity contribution in [1.82, 2.24) is 19.8 Å². The second-order valence-electron chi connectivity index (χ2n) is 7.01. The number of guanidine groups is 1. The molecular formula is C21H30IN5O2. The minimum absolute atomic E-state index is 0. The Kier molecular flexibility index (Phi) is 9.43. The minimum atomic E-state index is -0.101. The second-order valence-corrected chi connectivity index (χ2v) is 7.01. The molecule has 0 atom stereocenters. The molecule has 1 aliphatic heterocycles. The Labute approximate surface area is 189 Å². The summed E-state index contributed by atoms with van der Waals surface area (Å²) < 4.78 is 6.93. The predicted octanol–water partition coefficient (Wildman–Crippen LogP) is 2.90. The maximum atomic E-state index is 11.7. The van der Waals surface area contributed by atoms with Gasteiger partial charge in [0.15, 0.2) is 5.96 Å². The van der Waals surface area contributed by atoms with Crippen molar-refractivity contribution < 1.29 is 9.53 Å². The Bertz CT molecular complexity index is 786. The van der Waals surface area contributed by atoms with Gasteiger partial charge in [-0.05, 0) is 30.9 Å². The largest absolute Gasteiger partial charge is 0.469 e. The fourth-order valence-corrected chi connectivity index (χ4v) is 3.50. The van der Waals surface area contributed by atoms with Crippen LogP contribution in [-0.4, -0.2) is 53.1 Å². The summed E-state index contributed by atoms with van der Waals surface area (Å²) in [4.78, 5) is 22.9. The predicted molar refractivity (Wildman–Crippen MR) is 124 cm³/mol. The third kappa shape index (κ3) is 6.73. The number of rotatable bonds is 6. The summed E-state index contributed by atoms with van der Waals surface area (Å²) in [6.07, 6.45) is 7.19. The molecule has 29 heavy (non-hydrogen) atoms. The maximum absolute atomic E-state index is 11.7. The lowest BCUT2D eigenvalue weighted by atomic mass is 9.97. The summed E-state index contributed by atoms with van der Waals surface area (Å²) in [6.45, 7) is 5.94. The molecule has 3 rings (SSSR count). The highest BCUT2D eigenvalue weighted by Gasteiger charge is 2.26. The van der Waals surface area contributed by atoms with Gasteiger partial charge in [0.05, 0.1) is 25.9 Å². The summed E-state index contributed by atoms with van der Waals surface area (Å²) in [7, 11) is 1.46. The average Bonchev–Trinajstić information content (AvgIpc) is 3.24. The highest BCUT2D eigenvalue weighted by molar-refractivity contribution is 14.0. The number of ether oxygens (including phenoxy) is 1. The lowest BCUT2D eigenvalue weighted by molar-refractivity contribution is -0.146. The van der Waals surface area contributed by atoms with Crippen LogP contribution in [0.25, 0.3) is 0 Å². The number of aromatic nitrogens is 2. The van der Waals surface area contributed by atoms with E-state index in [0.717, 1.165) is 45.0 Å². The molecule has 0 amide bonds. The molecule has 0 bridgehead atoms. The van der Waals surface area contributed by atoms with Crippen LogP contribution in [0.1, 0.15) is 30.9 Å². The Balaban J connectivity index is 0.00000300. The topological polar surface area (TPSA) is 71.8 Å². The van der Waals surface area contributed by atoms with Crippen LogP contribution in [0.2, 0.25) is 0 Å². The number of halogens is 1. The number of nitrogens with zero attached hydrogens (tertiary/aromatic N) is 4. The van der Waals surface area contributed by atoms with Crippen molar-refractivity contribution in [3.05, 3.63) is 54.1 Å². The second kappa shape index (κ2) is 11.8. The van der Waals surface area contributed by atoms with Crippen molar-refractivity contribution in [1.29, 1.82) is 0 Å². The summed E-state index contributed by atoms with van der Waals surface area (Å²) in [6, 6.07) is 8.49. The van der Waals surface area contributed by atoms with E-state index in [1.54, 1.807) is 6.20 Å². The Morgan fingerprint density at radius 2 is 2.07 bits per heavy atom. The van der Waals surface area contributed by atoms with Gasteiger partial charge in [-0.1, -0.05) is 24.3 Å². The van der Waals surface area contributed by atoms with Gasteiger partial charge in [-0.15, -0.1) is 24.0 Å². The van der Waals surface area contributed by atoms with Gasteiger partial charge in [-0.2, -0.15) is 0 Å². The van der Waals surface area contributed by atoms with Gasteiger partial charge in [0, 0.05) is 38.6 Å². The zero-order chi connectivity index (χ0) is 19.8. The van der Waals surface area contributed by atoms with E-state index in [2.05, 4.69) is 51.0 Å². The molecule has 1 fully saturated rings. The standard InChI is InChI=1S/C21H29N5O2.HI/c1-3-23-21(26-10-7-19(8-11-26)20(27)28-2)24-14-17-5-4-6-18(13-17)15-25-12-9-22-16-25;/h4-6,9,12-13,16,19H,3,7-8,10-11,14-15H2,1-2H3,(H,23,24);1H. The van der Waals surface area contributed by atoms with Crippen LogP contribution in [0.15, 0.2) is 48.0 Å². The summed E-state index contributed by atoms with van der Waals surface area (Å²) in [5.74, 6) is 0.811. The van der Waals surface area contributed by atoms with Gasteiger partial charge >= 0.3 is 5.97 Å². The Hall–Kier alpha value is -2.10. The molecule has 1 N–H and O–H groups in total. The molecule has 158 valence electrons. The number of benzene rings is 1. The molecule has 1 aliphatic rings. The SMILES string of the molecule is CCNC(=NCc1cccc(Cn2ccnc2)c1)N1CCC(C(=O)OC)CC1.I. The summed E-state index contributed by atoms with van der Waals surface area (Å²) in [5, 5.41) is 3.38. The van der Waals surface area contributed by atoms with E-state index in [0.29, 0.717) is 6.54 Å². The van der Waals surface area contributed by atoms with Crippen molar-refractivity contribution in [2.45, 2.75) is 32.9 Å². The minimum Gasteiger partial charge on any atom is -0.469 e. The first-order chi connectivity index (χ1) is 13.7. The lowest BCUT2D eigenvalue weighted by Gasteiger charge is -2.33. The first-order valence-corrected chi connectivity index (χ1v) is 9.84. The number of carbonyl (C=O) groups is 1. The number of methoxy groups -OCH3 is 1. The van der Waals surface area contributed by atoms with Gasteiger partial charge in [-0.3, -0.25) is 4.79 Å². The number of carbonyl (C=O) groups excluding carboxylic acids is 1. The molecule has 1 aromatic carbocycles. The van der Waals surface area contributed by atoms with Crippen LogP contribution >= 0.6 is 24.0 Å². The van der Waals surface area contributed by atoms with Crippen LogP contribution in [0, 0.1) is 5.92 Å². The molecule has 0 aliphatic carbocycles. The molecule has 0 unspecified atom stereocenters. The quantitative estimate of drug-likeness (QED) is 0.280. The number of likely N-dealkylation sites (tertiary alicyclic amines) is 1. The van der Waals surface area contributed by atoms with Gasteiger partial charge < -0.3 is 19.5 Å². The number of piperidine rings is 1. The third-order valence-corrected chi connectivity index (χ3v) is 4.99. The van der Waals surface area contributed by atoms with Crippen LogP contribution in [0.3, 0.4) is 0 Å². The maximum Gasteiger partial charge on any atom is 0.308 e. The Morgan fingerprint density at radius 1 is 1.31 bits per heavy atom. The fourth-order valence-electron chi connectivity index (χ4n) is 3.50. The van der Waals surface area contributed by atoms with Crippen molar-refractivity contribution in [3.63, 3.8) is 0 Å². The van der Waals surface area contributed by atoms with Crippen LogP contribution in [0.5, 0.6) is 0 Å². The zero-order valence-corrected chi connectivity index (χ0v) is 19.4. The first kappa shape index (κ1) is 23.2. The number of nitrogens with one attached hydrogen (secondary N) is 1. The van der Waals surface area contributed by atoms with Gasteiger partial charge in [0.1, 0.15) is 0 Å². The fraction of sp³-hybridized carbons (Fsp3) is 0.476. The average molecular weight is 511 g/mol. The van der Waals surface area contributed by atoms with E-state index in [-0.39, 0.29) is 35.9 Å². The Morgan fingerprint density at radius 3 is 2.72 bits per heavy atom. The molecule has 1 aromatic heterocycles. The van der Waals surface area contributed by atoms with Crippen LogP contribution < -0.4 is 5.32 Å². The number of aliphatic imine (C=N–C) groups is 1. The smallest absolute Gasteiger partial charge is 0.308 e. The molecule has 2 aromatic rings. The van der Waals surface area contributed by atoms with E-state index < -0.39 is 0 Å². The first-order valence-electron chi connectivity index (χ1n) is 9.84. The van der Waals surface area contributed by atoms with Gasteiger partial charge in [0.25, 0.3) is 0 Å². The zero-order valence-electron chi connectivity index (χ0n) is 17.1. The number of esters is 1. The number of imidazole rings is 1. The highest BCUT2D eigenvalue weighted by Crippen LogP contribution is 2.18. The van der Waals surface area contributed by atoms with E-state index in [1.807, 2.05) is 12.5 Å². The summed E-state index contributed by atoms with van der Waals surface area (Å²) >= 11 is 0. The molecule has 0 radical (unpaired) electrons. The third-order valence-electron chi connectivity index (χ3n) is 4.99. The van der Waals surface area contributed by atoms with E-state index in [4.69, 9.17) is 9.73 Å². The van der Waals surface area contributed by atoms with Crippen molar-refractivity contribution in [2.24, 2.45) is 10.9 Å².